The van der Waals surface area contributed by atoms with Crippen LogP contribution in [0.5, 0.6) is 0 Å². The Kier molecular flexibility index (Phi) is 1.42. The van der Waals surface area contributed by atoms with E-state index in [2.05, 4.69) is 5.32 Å². The van der Waals surface area contributed by atoms with Crippen LogP contribution in [-0.2, 0) is 11.2 Å². The monoisotopic (exact) mass is 186 g/mol. The Morgan fingerprint density at radius 3 is 3.21 bits per heavy atom. The van der Waals surface area contributed by atoms with Crippen molar-refractivity contribution >= 4 is 17.3 Å². The number of para-hydroxylation sites is 1. The topological polar surface area (TPSA) is 32.3 Å². The van der Waals surface area contributed by atoms with Gasteiger partial charge in [-0.2, -0.15) is 0 Å². The van der Waals surface area contributed by atoms with E-state index in [1.165, 1.54) is 0 Å². The summed E-state index contributed by atoms with van der Waals surface area (Å²) in [6.07, 6.45) is 4.40. The van der Waals surface area contributed by atoms with E-state index >= 15 is 0 Å². The summed E-state index contributed by atoms with van der Waals surface area (Å²) in [5.41, 5.74) is 3.22. The molecule has 3 nitrogen and oxygen atoms in total. The molecule has 0 unspecified atom stereocenters. The van der Waals surface area contributed by atoms with Crippen LogP contribution in [0.25, 0.3) is 0 Å². The van der Waals surface area contributed by atoms with Crippen LogP contribution >= 0.6 is 0 Å². The molecule has 2 aliphatic heterocycles. The highest BCUT2D eigenvalue weighted by Gasteiger charge is 2.29. The van der Waals surface area contributed by atoms with E-state index in [0.29, 0.717) is 13.0 Å². The SMILES string of the molecule is O=C1Cc2cccc3c2N1CC=CN3. The van der Waals surface area contributed by atoms with Crippen LogP contribution in [0, 0.1) is 0 Å². The summed E-state index contributed by atoms with van der Waals surface area (Å²) < 4.78 is 0. The molecule has 0 atom stereocenters. The molecular formula is C11H10N2O. The molecule has 0 spiro atoms. The maximum atomic E-state index is 11.7. The molecule has 0 bridgehead atoms. The van der Waals surface area contributed by atoms with Gasteiger partial charge < -0.3 is 10.2 Å². The maximum Gasteiger partial charge on any atom is 0.231 e. The number of nitrogens with one attached hydrogen (secondary N) is 1. The van der Waals surface area contributed by atoms with Gasteiger partial charge in [0.1, 0.15) is 0 Å². The van der Waals surface area contributed by atoms with Crippen molar-refractivity contribution in [3.05, 3.63) is 36.0 Å². The first kappa shape index (κ1) is 7.62. The molecule has 14 heavy (non-hydrogen) atoms. The van der Waals surface area contributed by atoms with Gasteiger partial charge in [0, 0.05) is 6.54 Å². The summed E-state index contributed by atoms with van der Waals surface area (Å²) in [5, 5.41) is 3.18. The van der Waals surface area contributed by atoms with Gasteiger partial charge in [-0.3, -0.25) is 4.79 Å². The average molecular weight is 186 g/mol. The minimum atomic E-state index is 0.195. The van der Waals surface area contributed by atoms with Gasteiger partial charge >= 0.3 is 0 Å². The smallest absolute Gasteiger partial charge is 0.231 e. The second-order valence-electron chi connectivity index (χ2n) is 3.54. The molecule has 70 valence electrons. The van der Waals surface area contributed by atoms with E-state index < -0.39 is 0 Å². The van der Waals surface area contributed by atoms with Crippen LogP contribution in [0.15, 0.2) is 30.5 Å². The van der Waals surface area contributed by atoms with Crippen molar-refractivity contribution in [1.82, 2.24) is 0 Å². The van der Waals surface area contributed by atoms with Crippen LogP contribution in [0.1, 0.15) is 5.56 Å². The van der Waals surface area contributed by atoms with Gasteiger partial charge in [0.15, 0.2) is 0 Å². The van der Waals surface area contributed by atoms with E-state index in [1.807, 2.05) is 35.4 Å². The number of carbonyl (C=O) groups is 1. The predicted molar refractivity (Wildman–Crippen MR) is 55.3 cm³/mol. The molecule has 2 heterocycles. The molecule has 0 saturated heterocycles. The molecule has 2 aliphatic rings. The second kappa shape index (κ2) is 2.61. The fourth-order valence-electron chi connectivity index (χ4n) is 2.05. The Bertz CT molecular complexity index is 437. The molecule has 0 aliphatic carbocycles. The van der Waals surface area contributed by atoms with Crippen LogP contribution in [-0.4, -0.2) is 12.5 Å². The number of hydrogen-bond donors (Lipinski definition) is 1. The zero-order valence-corrected chi connectivity index (χ0v) is 7.66. The molecule has 3 heteroatoms. The molecule has 1 aromatic carbocycles. The van der Waals surface area contributed by atoms with E-state index in [9.17, 15) is 4.79 Å². The van der Waals surface area contributed by atoms with Gasteiger partial charge in [-0.25, -0.2) is 0 Å². The van der Waals surface area contributed by atoms with Crippen molar-refractivity contribution < 1.29 is 4.79 Å². The van der Waals surface area contributed by atoms with E-state index in [1.54, 1.807) is 0 Å². The molecule has 0 aromatic heterocycles. The van der Waals surface area contributed by atoms with Crippen molar-refractivity contribution in [3.63, 3.8) is 0 Å². The summed E-state index contributed by atoms with van der Waals surface area (Å²) in [5.74, 6) is 0.195. The number of hydrogen-bond acceptors (Lipinski definition) is 2. The van der Waals surface area contributed by atoms with Gasteiger partial charge in [0.2, 0.25) is 5.91 Å². The molecule has 3 rings (SSSR count). The minimum absolute atomic E-state index is 0.195. The Balaban J connectivity index is 2.24. The molecule has 1 aromatic rings. The quantitative estimate of drug-likeness (QED) is 0.666. The summed E-state index contributed by atoms with van der Waals surface area (Å²) in [4.78, 5) is 13.5. The van der Waals surface area contributed by atoms with Crippen LogP contribution in [0.4, 0.5) is 11.4 Å². The van der Waals surface area contributed by atoms with Crippen molar-refractivity contribution in [1.29, 1.82) is 0 Å². The van der Waals surface area contributed by atoms with Gasteiger partial charge in [-0.05, 0) is 23.9 Å². The average Bonchev–Trinajstić information content (AvgIpc) is 2.39. The fourth-order valence-corrected chi connectivity index (χ4v) is 2.05. The molecule has 0 fully saturated rings. The number of nitrogens with zero attached hydrogens (tertiary/aromatic N) is 1. The van der Waals surface area contributed by atoms with Gasteiger partial charge in [-0.1, -0.05) is 12.1 Å². The van der Waals surface area contributed by atoms with Crippen molar-refractivity contribution in [2.75, 3.05) is 16.8 Å². The van der Waals surface area contributed by atoms with E-state index in [0.717, 1.165) is 16.9 Å². The molecule has 0 radical (unpaired) electrons. The lowest BCUT2D eigenvalue weighted by molar-refractivity contribution is -0.117. The van der Waals surface area contributed by atoms with Crippen LogP contribution < -0.4 is 10.2 Å². The Hall–Kier alpha value is -1.77. The van der Waals surface area contributed by atoms with Crippen LogP contribution in [0.2, 0.25) is 0 Å². The third-order valence-electron chi connectivity index (χ3n) is 2.68. The minimum Gasteiger partial charge on any atom is -0.360 e. The number of amides is 1. The van der Waals surface area contributed by atoms with E-state index in [4.69, 9.17) is 0 Å². The van der Waals surface area contributed by atoms with Crippen molar-refractivity contribution in [2.24, 2.45) is 0 Å². The number of rotatable bonds is 0. The first-order valence-electron chi connectivity index (χ1n) is 4.70. The molecule has 0 saturated carbocycles. The highest BCUT2D eigenvalue weighted by molar-refractivity contribution is 6.05. The zero-order chi connectivity index (χ0) is 9.54. The highest BCUT2D eigenvalue weighted by Crippen LogP contribution is 2.36. The summed E-state index contributed by atoms with van der Waals surface area (Å²) in [6, 6.07) is 6.00. The zero-order valence-electron chi connectivity index (χ0n) is 7.66. The molecule has 1 N–H and O–H groups in total. The summed E-state index contributed by atoms with van der Waals surface area (Å²) in [7, 11) is 0. The van der Waals surface area contributed by atoms with Gasteiger partial charge in [0.05, 0.1) is 17.8 Å². The second-order valence-corrected chi connectivity index (χ2v) is 3.54. The van der Waals surface area contributed by atoms with Crippen LogP contribution in [0.3, 0.4) is 0 Å². The lowest BCUT2D eigenvalue weighted by atomic mass is 10.1. The summed E-state index contributed by atoms with van der Waals surface area (Å²) >= 11 is 0. The Labute approximate surface area is 82.0 Å². The van der Waals surface area contributed by atoms with E-state index in [-0.39, 0.29) is 5.91 Å². The normalized spacial score (nSPS) is 17.7. The third kappa shape index (κ3) is 0.894. The lowest BCUT2D eigenvalue weighted by Crippen LogP contribution is -2.26. The van der Waals surface area contributed by atoms with Crippen molar-refractivity contribution in [2.45, 2.75) is 6.42 Å². The first-order valence-corrected chi connectivity index (χ1v) is 4.70. The predicted octanol–water partition coefficient (Wildman–Crippen LogP) is 1.51. The summed E-state index contributed by atoms with van der Waals surface area (Å²) in [6.45, 7) is 0.676. The number of benzene rings is 1. The molecular weight excluding hydrogens is 176 g/mol. The molecule has 1 amide bonds. The number of anilines is 2. The third-order valence-corrected chi connectivity index (χ3v) is 2.68. The first-order chi connectivity index (χ1) is 6.86. The largest absolute Gasteiger partial charge is 0.360 e. The van der Waals surface area contributed by atoms with Gasteiger partial charge in [-0.15, -0.1) is 0 Å². The Morgan fingerprint density at radius 2 is 2.29 bits per heavy atom. The lowest BCUT2D eigenvalue weighted by Gasteiger charge is -2.15. The standard InChI is InChI=1S/C11H10N2O/c14-10-7-8-3-1-4-9-11(8)13(10)6-2-5-12-9/h1-5,12H,6-7H2. The van der Waals surface area contributed by atoms with Gasteiger partial charge in [0.25, 0.3) is 0 Å². The van der Waals surface area contributed by atoms with Crippen molar-refractivity contribution in [3.8, 4) is 0 Å². The number of carbonyl (C=O) groups excluding carboxylic acids is 1. The fraction of sp³-hybridized carbons (Fsp3) is 0.182. The Morgan fingerprint density at radius 1 is 1.36 bits per heavy atom. The maximum absolute atomic E-state index is 11.7. The highest BCUT2D eigenvalue weighted by atomic mass is 16.2.